The van der Waals surface area contributed by atoms with Gasteiger partial charge in [0.25, 0.3) is 0 Å². The number of aliphatic hydroxyl groups is 1. The number of nitrogens with zero attached hydrogens (tertiary/aromatic N) is 1. The van der Waals surface area contributed by atoms with Crippen LogP contribution in [0.4, 0.5) is 0 Å². The van der Waals surface area contributed by atoms with Gasteiger partial charge in [0.2, 0.25) is 10.0 Å². The van der Waals surface area contributed by atoms with Crippen molar-refractivity contribution in [1.82, 2.24) is 15.4 Å². The van der Waals surface area contributed by atoms with Crippen LogP contribution in [0, 0.1) is 0 Å². The average Bonchev–Trinajstić information content (AvgIpc) is 2.61. The second kappa shape index (κ2) is 9.74. The summed E-state index contributed by atoms with van der Waals surface area (Å²) in [6.45, 7) is 3.30. The highest BCUT2D eigenvalue weighted by Crippen LogP contribution is 2.18. The summed E-state index contributed by atoms with van der Waals surface area (Å²) >= 11 is 0. The van der Waals surface area contributed by atoms with Crippen molar-refractivity contribution in [3.63, 3.8) is 0 Å². The van der Waals surface area contributed by atoms with E-state index in [1.54, 1.807) is 30.3 Å². The molecular weight excluding hydrogens is 340 g/mol. The van der Waals surface area contributed by atoms with Gasteiger partial charge in [0, 0.05) is 19.1 Å². The van der Waals surface area contributed by atoms with E-state index in [0.717, 1.165) is 32.2 Å². The van der Waals surface area contributed by atoms with E-state index in [-0.39, 0.29) is 17.5 Å². The summed E-state index contributed by atoms with van der Waals surface area (Å²) in [7, 11) is -3.49. The van der Waals surface area contributed by atoms with E-state index in [1.165, 1.54) is 0 Å². The van der Waals surface area contributed by atoms with Gasteiger partial charge in [-0.3, -0.25) is 4.99 Å². The van der Waals surface area contributed by atoms with Gasteiger partial charge in [0.15, 0.2) is 5.96 Å². The lowest BCUT2D eigenvalue weighted by atomic mass is 9.93. The number of benzene rings is 1. The number of aliphatic hydroxyl groups excluding tert-OH is 1. The van der Waals surface area contributed by atoms with Gasteiger partial charge in [-0.05, 0) is 44.7 Å². The van der Waals surface area contributed by atoms with Gasteiger partial charge >= 0.3 is 0 Å². The molecule has 25 heavy (non-hydrogen) atoms. The summed E-state index contributed by atoms with van der Waals surface area (Å²) in [6.07, 6.45) is 3.23. The molecule has 0 saturated heterocycles. The molecule has 0 aromatic heterocycles. The molecule has 0 bridgehead atoms. The first-order chi connectivity index (χ1) is 12.0. The molecule has 0 heterocycles. The Balaban J connectivity index is 1.82. The molecule has 0 unspecified atom stereocenters. The lowest BCUT2D eigenvalue weighted by molar-refractivity contribution is 0.120. The highest BCUT2D eigenvalue weighted by atomic mass is 32.2. The molecule has 1 aromatic carbocycles. The van der Waals surface area contributed by atoms with Crippen LogP contribution >= 0.6 is 0 Å². The summed E-state index contributed by atoms with van der Waals surface area (Å²) in [5.74, 6) is 0.683. The summed E-state index contributed by atoms with van der Waals surface area (Å²) in [5, 5.41) is 16.1. The van der Waals surface area contributed by atoms with Crippen molar-refractivity contribution in [2.24, 2.45) is 4.99 Å². The quantitative estimate of drug-likeness (QED) is 0.324. The van der Waals surface area contributed by atoms with Crippen molar-refractivity contribution in [2.75, 3.05) is 19.6 Å². The van der Waals surface area contributed by atoms with Crippen LogP contribution in [0.25, 0.3) is 0 Å². The SMILES string of the molecule is CCNC(=NCCNS(=O)(=O)c1ccccc1)NC1CCC(O)CC1. The Hall–Kier alpha value is -1.64. The topological polar surface area (TPSA) is 103 Å². The molecule has 0 radical (unpaired) electrons. The summed E-state index contributed by atoms with van der Waals surface area (Å²) in [5.41, 5.74) is 0. The van der Waals surface area contributed by atoms with Gasteiger partial charge in [-0.2, -0.15) is 0 Å². The van der Waals surface area contributed by atoms with Crippen LogP contribution in [0.2, 0.25) is 0 Å². The van der Waals surface area contributed by atoms with Gasteiger partial charge < -0.3 is 15.7 Å². The summed E-state index contributed by atoms with van der Waals surface area (Å²) in [4.78, 5) is 4.68. The van der Waals surface area contributed by atoms with Gasteiger partial charge in [-0.25, -0.2) is 13.1 Å². The van der Waals surface area contributed by atoms with Crippen LogP contribution in [0.3, 0.4) is 0 Å². The zero-order chi connectivity index (χ0) is 18.1. The zero-order valence-corrected chi connectivity index (χ0v) is 15.4. The number of aliphatic imine (C=N–C) groups is 1. The first-order valence-corrected chi connectivity index (χ1v) is 10.3. The summed E-state index contributed by atoms with van der Waals surface area (Å²) < 4.78 is 26.8. The lowest BCUT2D eigenvalue weighted by Crippen LogP contribution is -2.45. The molecule has 140 valence electrons. The van der Waals surface area contributed by atoms with Crippen LogP contribution in [-0.4, -0.2) is 51.3 Å². The fourth-order valence-electron chi connectivity index (χ4n) is 2.76. The molecule has 0 atom stereocenters. The molecule has 0 spiro atoms. The number of rotatable bonds is 7. The van der Waals surface area contributed by atoms with E-state index in [2.05, 4.69) is 20.3 Å². The normalized spacial score (nSPS) is 21.8. The monoisotopic (exact) mass is 368 g/mol. The maximum absolute atomic E-state index is 12.1. The molecule has 1 aromatic rings. The predicted molar refractivity (Wildman–Crippen MR) is 99.0 cm³/mol. The maximum atomic E-state index is 12.1. The molecule has 4 N–H and O–H groups in total. The third-order valence-corrected chi connectivity index (χ3v) is 5.59. The third kappa shape index (κ3) is 6.64. The number of nitrogens with one attached hydrogen (secondary N) is 3. The molecule has 0 amide bonds. The average molecular weight is 369 g/mol. The van der Waals surface area contributed by atoms with Crippen molar-refractivity contribution < 1.29 is 13.5 Å². The Morgan fingerprint density at radius 3 is 2.52 bits per heavy atom. The molecule has 1 saturated carbocycles. The zero-order valence-electron chi connectivity index (χ0n) is 14.6. The number of hydrogen-bond donors (Lipinski definition) is 4. The minimum absolute atomic E-state index is 0.190. The predicted octanol–water partition coefficient (Wildman–Crippen LogP) is 0.824. The second-order valence-electron chi connectivity index (χ2n) is 6.12. The Kier molecular flexibility index (Phi) is 7.67. The molecule has 1 fully saturated rings. The number of hydrogen-bond acceptors (Lipinski definition) is 4. The first-order valence-electron chi connectivity index (χ1n) is 8.79. The molecule has 1 aliphatic rings. The Labute approximate surface area is 150 Å². The molecule has 0 aliphatic heterocycles. The highest BCUT2D eigenvalue weighted by Gasteiger charge is 2.20. The standard InChI is InChI=1S/C17H28N4O3S/c1-2-18-17(21-14-8-10-15(22)11-9-14)19-12-13-20-25(23,24)16-6-4-3-5-7-16/h3-7,14-15,20,22H,2,8-13H2,1H3,(H2,18,19,21). The van der Waals surface area contributed by atoms with Crippen molar-refractivity contribution in [3.8, 4) is 0 Å². The van der Waals surface area contributed by atoms with Gasteiger partial charge in [0.1, 0.15) is 0 Å². The van der Waals surface area contributed by atoms with E-state index in [4.69, 9.17) is 0 Å². The van der Waals surface area contributed by atoms with E-state index < -0.39 is 10.0 Å². The number of sulfonamides is 1. The van der Waals surface area contributed by atoms with Crippen LogP contribution < -0.4 is 15.4 Å². The first kappa shape index (κ1) is 19.7. The van der Waals surface area contributed by atoms with Crippen LogP contribution in [0.5, 0.6) is 0 Å². The van der Waals surface area contributed by atoms with Crippen molar-refractivity contribution in [1.29, 1.82) is 0 Å². The molecule has 2 rings (SSSR count). The maximum Gasteiger partial charge on any atom is 0.240 e. The van der Waals surface area contributed by atoms with Gasteiger partial charge in [0.05, 0.1) is 17.5 Å². The third-order valence-electron chi connectivity index (χ3n) is 4.11. The molecule has 1 aliphatic carbocycles. The van der Waals surface area contributed by atoms with Gasteiger partial charge in [-0.1, -0.05) is 18.2 Å². The van der Waals surface area contributed by atoms with E-state index in [1.807, 2.05) is 6.92 Å². The number of guanidine groups is 1. The van der Waals surface area contributed by atoms with Crippen molar-refractivity contribution in [3.05, 3.63) is 30.3 Å². The minimum Gasteiger partial charge on any atom is -0.393 e. The second-order valence-corrected chi connectivity index (χ2v) is 7.89. The van der Waals surface area contributed by atoms with E-state index >= 15 is 0 Å². The van der Waals surface area contributed by atoms with Crippen LogP contribution in [0.15, 0.2) is 40.2 Å². The van der Waals surface area contributed by atoms with Crippen molar-refractivity contribution >= 4 is 16.0 Å². The Morgan fingerprint density at radius 2 is 1.88 bits per heavy atom. The summed E-state index contributed by atoms with van der Waals surface area (Å²) in [6, 6.07) is 8.59. The van der Waals surface area contributed by atoms with Crippen LogP contribution in [0.1, 0.15) is 32.6 Å². The molecular formula is C17H28N4O3S. The largest absolute Gasteiger partial charge is 0.393 e. The lowest BCUT2D eigenvalue weighted by Gasteiger charge is -2.27. The molecule has 8 heteroatoms. The minimum atomic E-state index is -3.49. The molecule has 7 nitrogen and oxygen atoms in total. The highest BCUT2D eigenvalue weighted by molar-refractivity contribution is 7.89. The smallest absolute Gasteiger partial charge is 0.240 e. The van der Waals surface area contributed by atoms with E-state index in [0.29, 0.717) is 18.5 Å². The van der Waals surface area contributed by atoms with Crippen LogP contribution in [-0.2, 0) is 10.0 Å². The van der Waals surface area contributed by atoms with E-state index in [9.17, 15) is 13.5 Å². The fourth-order valence-corrected chi connectivity index (χ4v) is 3.81. The van der Waals surface area contributed by atoms with Gasteiger partial charge in [-0.15, -0.1) is 0 Å². The fraction of sp³-hybridized carbons (Fsp3) is 0.588. The Morgan fingerprint density at radius 1 is 1.20 bits per heavy atom. The van der Waals surface area contributed by atoms with Crippen molar-refractivity contribution in [2.45, 2.75) is 49.6 Å². The Bertz CT molecular complexity index is 641.